The zero-order chi connectivity index (χ0) is 9.56. The van der Waals surface area contributed by atoms with E-state index in [4.69, 9.17) is 4.74 Å². The van der Waals surface area contributed by atoms with Gasteiger partial charge in [0, 0.05) is 0 Å². The highest BCUT2D eigenvalue weighted by Gasteiger charge is 1.93. The van der Waals surface area contributed by atoms with E-state index < -0.39 is 0 Å². The van der Waals surface area contributed by atoms with Crippen LogP contribution in [0.1, 0.15) is 25.0 Å². The van der Waals surface area contributed by atoms with Crippen LogP contribution in [0.25, 0.3) is 0 Å². The molecular formula is C11H18O. The van der Waals surface area contributed by atoms with E-state index in [1.807, 2.05) is 26.0 Å². The fourth-order valence-electron chi connectivity index (χ4n) is 0.841. The van der Waals surface area contributed by atoms with Crippen LogP contribution in [0.2, 0.25) is 0 Å². The Balaban J connectivity index is 0.000000561. The van der Waals surface area contributed by atoms with E-state index >= 15 is 0 Å². The van der Waals surface area contributed by atoms with E-state index in [1.165, 1.54) is 11.1 Å². The normalized spacial score (nSPS) is 8.42. The average molecular weight is 166 g/mol. The third-order valence-electron chi connectivity index (χ3n) is 1.71. The highest BCUT2D eigenvalue weighted by molar-refractivity contribution is 5.33. The quantitative estimate of drug-likeness (QED) is 0.621. The number of hydrogen-bond acceptors (Lipinski definition) is 1. The van der Waals surface area contributed by atoms with Gasteiger partial charge in [-0.2, -0.15) is 0 Å². The lowest BCUT2D eigenvalue weighted by atomic mass is 10.1. The first-order valence-corrected chi connectivity index (χ1v) is 4.35. The van der Waals surface area contributed by atoms with Gasteiger partial charge in [-0.05, 0) is 37.1 Å². The molecule has 12 heavy (non-hydrogen) atoms. The van der Waals surface area contributed by atoms with Gasteiger partial charge >= 0.3 is 0 Å². The summed E-state index contributed by atoms with van der Waals surface area (Å²) in [5, 5.41) is 0. The van der Waals surface area contributed by atoms with Crippen LogP contribution in [0.4, 0.5) is 0 Å². The van der Waals surface area contributed by atoms with Gasteiger partial charge in [0.1, 0.15) is 5.75 Å². The fraction of sp³-hybridized carbons (Fsp3) is 0.455. The van der Waals surface area contributed by atoms with Crippen molar-refractivity contribution in [3.8, 4) is 5.75 Å². The second-order valence-electron chi connectivity index (χ2n) is 2.45. The standard InChI is InChI=1S/C9H12O.C2H6/c1-7-4-5-9(10-3)6-8(7)2;1-2/h4-6H,1-3H3;1-2H3. The highest BCUT2D eigenvalue weighted by atomic mass is 16.5. The molecule has 0 fully saturated rings. The summed E-state index contributed by atoms with van der Waals surface area (Å²) in [5.74, 6) is 0.933. The minimum Gasteiger partial charge on any atom is -0.497 e. The Morgan fingerprint density at radius 1 is 1.00 bits per heavy atom. The highest BCUT2D eigenvalue weighted by Crippen LogP contribution is 2.15. The molecule has 0 aliphatic rings. The number of aryl methyl sites for hydroxylation is 2. The SMILES string of the molecule is CC.COc1ccc(C)c(C)c1. The van der Waals surface area contributed by atoms with Crippen molar-refractivity contribution >= 4 is 0 Å². The van der Waals surface area contributed by atoms with Gasteiger partial charge in [0.05, 0.1) is 7.11 Å². The third-order valence-corrected chi connectivity index (χ3v) is 1.71. The molecule has 0 amide bonds. The van der Waals surface area contributed by atoms with Crippen LogP contribution in [-0.4, -0.2) is 7.11 Å². The van der Waals surface area contributed by atoms with E-state index in [2.05, 4.69) is 19.9 Å². The average Bonchev–Trinajstić information content (AvgIpc) is 2.13. The van der Waals surface area contributed by atoms with Crippen molar-refractivity contribution in [1.82, 2.24) is 0 Å². The van der Waals surface area contributed by atoms with Gasteiger partial charge in [-0.1, -0.05) is 19.9 Å². The molecule has 0 radical (unpaired) electrons. The first-order valence-electron chi connectivity index (χ1n) is 4.35. The maximum atomic E-state index is 5.05. The topological polar surface area (TPSA) is 9.23 Å². The van der Waals surface area contributed by atoms with Crippen molar-refractivity contribution in [2.24, 2.45) is 0 Å². The summed E-state index contributed by atoms with van der Waals surface area (Å²) >= 11 is 0. The summed E-state index contributed by atoms with van der Waals surface area (Å²) in [6.45, 7) is 8.17. The molecule has 0 atom stereocenters. The van der Waals surface area contributed by atoms with Crippen LogP contribution in [0, 0.1) is 13.8 Å². The summed E-state index contributed by atoms with van der Waals surface area (Å²) in [6.07, 6.45) is 0. The Morgan fingerprint density at radius 2 is 1.58 bits per heavy atom. The molecule has 0 spiro atoms. The largest absolute Gasteiger partial charge is 0.497 e. The second-order valence-corrected chi connectivity index (χ2v) is 2.45. The van der Waals surface area contributed by atoms with Gasteiger partial charge in [0.25, 0.3) is 0 Å². The molecule has 0 aliphatic heterocycles. The molecule has 1 rings (SSSR count). The van der Waals surface area contributed by atoms with Crippen molar-refractivity contribution in [3.05, 3.63) is 29.3 Å². The smallest absolute Gasteiger partial charge is 0.119 e. The van der Waals surface area contributed by atoms with Gasteiger partial charge in [-0.25, -0.2) is 0 Å². The summed E-state index contributed by atoms with van der Waals surface area (Å²) in [4.78, 5) is 0. The van der Waals surface area contributed by atoms with Crippen LogP contribution in [0.3, 0.4) is 0 Å². The fourth-order valence-corrected chi connectivity index (χ4v) is 0.841. The second kappa shape index (κ2) is 5.64. The predicted molar refractivity (Wildman–Crippen MR) is 53.8 cm³/mol. The Kier molecular flexibility index (Phi) is 5.18. The lowest BCUT2D eigenvalue weighted by Crippen LogP contribution is -1.85. The lowest BCUT2D eigenvalue weighted by Gasteiger charge is -2.02. The number of benzene rings is 1. The molecule has 0 unspecified atom stereocenters. The van der Waals surface area contributed by atoms with Gasteiger partial charge in [-0.3, -0.25) is 0 Å². The van der Waals surface area contributed by atoms with E-state index in [1.54, 1.807) is 7.11 Å². The maximum Gasteiger partial charge on any atom is 0.119 e. The molecule has 1 aromatic rings. The predicted octanol–water partition coefficient (Wildman–Crippen LogP) is 3.34. The van der Waals surface area contributed by atoms with Gasteiger partial charge in [0.15, 0.2) is 0 Å². The zero-order valence-corrected chi connectivity index (χ0v) is 8.64. The molecule has 1 aromatic carbocycles. The van der Waals surface area contributed by atoms with Crippen LogP contribution < -0.4 is 4.74 Å². The summed E-state index contributed by atoms with van der Waals surface area (Å²) in [5.41, 5.74) is 2.58. The van der Waals surface area contributed by atoms with Crippen molar-refractivity contribution in [2.75, 3.05) is 7.11 Å². The zero-order valence-electron chi connectivity index (χ0n) is 8.64. The Hall–Kier alpha value is -0.980. The van der Waals surface area contributed by atoms with Gasteiger partial charge < -0.3 is 4.74 Å². The third kappa shape index (κ3) is 2.95. The van der Waals surface area contributed by atoms with Gasteiger partial charge in [0.2, 0.25) is 0 Å². The van der Waals surface area contributed by atoms with E-state index in [0.717, 1.165) is 5.75 Å². The molecule has 1 nitrogen and oxygen atoms in total. The first kappa shape index (κ1) is 11.0. The summed E-state index contributed by atoms with van der Waals surface area (Å²) in [7, 11) is 1.68. The van der Waals surface area contributed by atoms with Crippen LogP contribution >= 0.6 is 0 Å². The van der Waals surface area contributed by atoms with Crippen molar-refractivity contribution in [1.29, 1.82) is 0 Å². The lowest BCUT2D eigenvalue weighted by molar-refractivity contribution is 0.414. The summed E-state index contributed by atoms with van der Waals surface area (Å²) < 4.78 is 5.05. The minimum absolute atomic E-state index is 0.933. The van der Waals surface area contributed by atoms with Crippen LogP contribution in [0.15, 0.2) is 18.2 Å². The Morgan fingerprint density at radius 3 is 2.00 bits per heavy atom. The van der Waals surface area contributed by atoms with Gasteiger partial charge in [-0.15, -0.1) is 0 Å². The van der Waals surface area contributed by atoms with Crippen molar-refractivity contribution in [2.45, 2.75) is 27.7 Å². The maximum absolute atomic E-state index is 5.05. The number of ether oxygens (including phenoxy) is 1. The van der Waals surface area contributed by atoms with Crippen molar-refractivity contribution in [3.63, 3.8) is 0 Å². The monoisotopic (exact) mass is 166 g/mol. The number of rotatable bonds is 1. The summed E-state index contributed by atoms with van der Waals surface area (Å²) in [6, 6.07) is 6.08. The van der Waals surface area contributed by atoms with E-state index in [9.17, 15) is 0 Å². The molecule has 0 saturated carbocycles. The van der Waals surface area contributed by atoms with Crippen molar-refractivity contribution < 1.29 is 4.74 Å². The first-order chi connectivity index (χ1) is 5.74. The van der Waals surface area contributed by atoms with E-state index in [0.29, 0.717) is 0 Å². The molecule has 0 bridgehead atoms. The van der Waals surface area contributed by atoms with Crippen LogP contribution in [-0.2, 0) is 0 Å². The molecule has 0 aliphatic carbocycles. The molecule has 0 N–H and O–H groups in total. The minimum atomic E-state index is 0.933. The molecule has 0 aromatic heterocycles. The molecular weight excluding hydrogens is 148 g/mol. The molecule has 0 saturated heterocycles. The van der Waals surface area contributed by atoms with E-state index in [-0.39, 0.29) is 0 Å². The Bertz CT molecular complexity index is 228. The van der Waals surface area contributed by atoms with Crippen LogP contribution in [0.5, 0.6) is 5.75 Å². The Labute approximate surface area is 75.4 Å². The molecule has 1 heteroatoms. The number of methoxy groups -OCH3 is 1. The molecule has 68 valence electrons. The number of hydrogen-bond donors (Lipinski definition) is 0. The molecule has 0 heterocycles.